The molecule has 2 rings (SSSR count). The van der Waals surface area contributed by atoms with Crippen LogP contribution in [0.3, 0.4) is 0 Å². The van der Waals surface area contributed by atoms with Crippen LogP contribution >= 0.6 is 0 Å². The summed E-state index contributed by atoms with van der Waals surface area (Å²) in [7, 11) is 1.53. The summed E-state index contributed by atoms with van der Waals surface area (Å²) in [5.74, 6) is -0.664. The Hall–Kier alpha value is -2.04. The second-order valence-electron chi connectivity index (χ2n) is 2.70. The van der Waals surface area contributed by atoms with Gasteiger partial charge in [-0.25, -0.2) is 4.79 Å². The largest absolute Gasteiger partial charge is 0.497 e. The number of carboxylic acid groups (broad SMARTS) is 1. The highest BCUT2D eigenvalue weighted by atomic mass is 16.5. The minimum atomic E-state index is -1.13. The number of aromatic nitrogens is 1. The Labute approximate surface area is 78.9 Å². The average Bonchev–Trinajstić information content (AvgIpc) is 2.59. The van der Waals surface area contributed by atoms with E-state index in [1.165, 1.54) is 7.11 Å². The number of carboxylic acids is 1. The molecule has 0 atom stereocenters. The molecule has 5 heteroatoms. The van der Waals surface area contributed by atoms with Crippen LogP contribution < -0.4 is 4.74 Å². The monoisotopic (exact) mass is 193 g/mol. The van der Waals surface area contributed by atoms with Crippen molar-refractivity contribution < 1.29 is 19.2 Å². The molecule has 0 radical (unpaired) electrons. The van der Waals surface area contributed by atoms with Crippen molar-refractivity contribution in [1.29, 1.82) is 0 Å². The SMILES string of the molecule is COc1ccc2c(C(=O)O)onc2c1. The first-order valence-electron chi connectivity index (χ1n) is 3.89. The van der Waals surface area contributed by atoms with Crippen LogP contribution in [0.2, 0.25) is 0 Å². The normalized spacial score (nSPS) is 10.4. The molecule has 72 valence electrons. The molecule has 1 aromatic carbocycles. The fourth-order valence-electron chi connectivity index (χ4n) is 1.20. The van der Waals surface area contributed by atoms with Crippen molar-refractivity contribution in [3.05, 3.63) is 24.0 Å². The third-order valence-electron chi connectivity index (χ3n) is 1.88. The molecular weight excluding hydrogens is 186 g/mol. The molecule has 2 aromatic rings. The summed E-state index contributed by atoms with van der Waals surface area (Å²) in [5.41, 5.74) is 0.474. The van der Waals surface area contributed by atoms with Gasteiger partial charge >= 0.3 is 5.97 Å². The van der Waals surface area contributed by atoms with E-state index in [9.17, 15) is 4.79 Å². The highest BCUT2D eigenvalue weighted by Gasteiger charge is 2.15. The number of ether oxygens (including phenoxy) is 1. The quantitative estimate of drug-likeness (QED) is 0.782. The zero-order chi connectivity index (χ0) is 10.1. The summed E-state index contributed by atoms with van der Waals surface area (Å²) in [5, 5.41) is 12.8. The average molecular weight is 193 g/mol. The van der Waals surface area contributed by atoms with Crippen LogP contribution in [0.4, 0.5) is 0 Å². The number of aromatic carboxylic acids is 1. The second kappa shape index (κ2) is 3.02. The van der Waals surface area contributed by atoms with Crippen molar-refractivity contribution >= 4 is 16.9 Å². The van der Waals surface area contributed by atoms with E-state index in [0.29, 0.717) is 16.7 Å². The maximum atomic E-state index is 10.7. The highest BCUT2D eigenvalue weighted by molar-refractivity contribution is 6.00. The van der Waals surface area contributed by atoms with Crippen molar-refractivity contribution in [3.63, 3.8) is 0 Å². The molecular formula is C9H7NO4. The fraction of sp³-hybridized carbons (Fsp3) is 0.111. The van der Waals surface area contributed by atoms with Crippen LogP contribution in [0.5, 0.6) is 5.75 Å². The molecule has 0 aliphatic rings. The van der Waals surface area contributed by atoms with Crippen molar-refractivity contribution in [2.24, 2.45) is 0 Å². The number of nitrogens with zero attached hydrogens (tertiary/aromatic N) is 1. The van der Waals surface area contributed by atoms with Crippen LogP contribution in [-0.2, 0) is 0 Å². The first kappa shape index (κ1) is 8.55. The van der Waals surface area contributed by atoms with E-state index < -0.39 is 5.97 Å². The number of hydrogen-bond donors (Lipinski definition) is 1. The maximum Gasteiger partial charge on any atom is 0.375 e. The molecule has 14 heavy (non-hydrogen) atoms. The summed E-state index contributed by atoms with van der Waals surface area (Å²) in [6.07, 6.45) is 0. The molecule has 0 bridgehead atoms. The van der Waals surface area contributed by atoms with E-state index in [1.54, 1.807) is 18.2 Å². The van der Waals surface area contributed by atoms with Gasteiger partial charge in [0.2, 0.25) is 0 Å². The fourth-order valence-corrected chi connectivity index (χ4v) is 1.20. The zero-order valence-electron chi connectivity index (χ0n) is 7.35. The molecule has 0 saturated carbocycles. The van der Waals surface area contributed by atoms with Crippen LogP contribution in [0.15, 0.2) is 22.7 Å². The van der Waals surface area contributed by atoms with Crippen LogP contribution in [0.1, 0.15) is 10.6 Å². The first-order chi connectivity index (χ1) is 6.72. The smallest absolute Gasteiger partial charge is 0.375 e. The van der Waals surface area contributed by atoms with Crippen molar-refractivity contribution in [1.82, 2.24) is 5.16 Å². The van der Waals surface area contributed by atoms with Crippen molar-refractivity contribution in [3.8, 4) is 5.75 Å². The summed E-state index contributed by atoms with van der Waals surface area (Å²) >= 11 is 0. The number of fused-ring (bicyclic) bond motifs is 1. The molecule has 1 heterocycles. The molecule has 0 saturated heterocycles. The van der Waals surface area contributed by atoms with Gasteiger partial charge in [-0.2, -0.15) is 0 Å². The standard InChI is InChI=1S/C9H7NO4/c1-13-5-2-3-6-7(4-5)10-14-8(6)9(11)12/h2-4H,1H3,(H,11,12). The molecule has 0 unspecified atom stereocenters. The molecule has 0 aliphatic heterocycles. The lowest BCUT2D eigenvalue weighted by Gasteiger charge is -1.96. The van der Waals surface area contributed by atoms with Crippen LogP contribution in [0.25, 0.3) is 10.9 Å². The molecule has 1 N–H and O–H groups in total. The van der Waals surface area contributed by atoms with Crippen LogP contribution in [-0.4, -0.2) is 23.3 Å². The Kier molecular flexibility index (Phi) is 1.85. The molecule has 5 nitrogen and oxygen atoms in total. The van der Waals surface area contributed by atoms with E-state index >= 15 is 0 Å². The minimum Gasteiger partial charge on any atom is -0.497 e. The summed E-state index contributed by atoms with van der Waals surface area (Å²) < 4.78 is 9.63. The lowest BCUT2D eigenvalue weighted by atomic mass is 10.2. The zero-order valence-corrected chi connectivity index (χ0v) is 7.35. The van der Waals surface area contributed by atoms with Gasteiger partial charge in [-0.1, -0.05) is 5.16 Å². The van der Waals surface area contributed by atoms with Gasteiger partial charge in [-0.3, -0.25) is 0 Å². The number of rotatable bonds is 2. The third-order valence-corrected chi connectivity index (χ3v) is 1.88. The number of benzene rings is 1. The summed E-state index contributed by atoms with van der Waals surface area (Å²) in [6, 6.07) is 4.88. The van der Waals surface area contributed by atoms with Crippen LogP contribution in [0, 0.1) is 0 Å². The lowest BCUT2D eigenvalue weighted by molar-refractivity contribution is 0.0655. The Bertz CT molecular complexity index is 489. The van der Waals surface area contributed by atoms with E-state index in [4.69, 9.17) is 9.84 Å². The molecule has 1 aromatic heterocycles. The predicted octanol–water partition coefficient (Wildman–Crippen LogP) is 1.53. The van der Waals surface area contributed by atoms with Gasteiger partial charge in [0, 0.05) is 6.07 Å². The molecule has 0 fully saturated rings. The van der Waals surface area contributed by atoms with Crippen molar-refractivity contribution in [2.45, 2.75) is 0 Å². The molecule has 0 amide bonds. The van der Waals surface area contributed by atoms with Gasteiger partial charge in [0.1, 0.15) is 11.3 Å². The van der Waals surface area contributed by atoms with E-state index in [0.717, 1.165) is 0 Å². The number of hydrogen-bond acceptors (Lipinski definition) is 4. The van der Waals surface area contributed by atoms with Gasteiger partial charge in [0.05, 0.1) is 12.5 Å². The Morgan fingerprint density at radius 1 is 1.57 bits per heavy atom. The van der Waals surface area contributed by atoms with Gasteiger partial charge in [-0.05, 0) is 12.1 Å². The van der Waals surface area contributed by atoms with E-state index in [2.05, 4.69) is 9.68 Å². The molecule has 0 spiro atoms. The van der Waals surface area contributed by atoms with Crippen molar-refractivity contribution in [2.75, 3.05) is 7.11 Å². The topological polar surface area (TPSA) is 72.6 Å². The Morgan fingerprint density at radius 3 is 3.00 bits per heavy atom. The Morgan fingerprint density at radius 2 is 2.36 bits per heavy atom. The second-order valence-corrected chi connectivity index (χ2v) is 2.70. The van der Waals surface area contributed by atoms with Gasteiger partial charge in [-0.15, -0.1) is 0 Å². The van der Waals surface area contributed by atoms with Gasteiger partial charge in [0.25, 0.3) is 5.76 Å². The third kappa shape index (κ3) is 1.19. The van der Waals surface area contributed by atoms with Gasteiger partial charge < -0.3 is 14.4 Å². The predicted molar refractivity (Wildman–Crippen MR) is 47.5 cm³/mol. The summed E-state index contributed by atoms with van der Waals surface area (Å²) in [4.78, 5) is 10.7. The number of carbonyl (C=O) groups is 1. The van der Waals surface area contributed by atoms with E-state index in [1.807, 2.05) is 0 Å². The summed E-state index contributed by atoms with van der Waals surface area (Å²) in [6.45, 7) is 0. The first-order valence-corrected chi connectivity index (χ1v) is 3.89. The lowest BCUT2D eigenvalue weighted by Crippen LogP contribution is -1.93. The minimum absolute atomic E-state index is 0.150. The highest BCUT2D eigenvalue weighted by Crippen LogP contribution is 2.22. The Balaban J connectivity index is 2.65. The maximum absolute atomic E-state index is 10.7. The van der Waals surface area contributed by atoms with E-state index in [-0.39, 0.29) is 5.76 Å². The van der Waals surface area contributed by atoms with Gasteiger partial charge in [0.15, 0.2) is 0 Å². The molecule has 0 aliphatic carbocycles. The number of methoxy groups -OCH3 is 1.